The molecule has 3 heteroatoms. The summed E-state index contributed by atoms with van der Waals surface area (Å²) in [5, 5.41) is 0. The summed E-state index contributed by atoms with van der Waals surface area (Å²) in [7, 11) is 0. The fourth-order valence-electron chi connectivity index (χ4n) is 3.43. The average molecular weight is 257 g/mol. The van der Waals surface area contributed by atoms with Crippen molar-refractivity contribution >= 4 is 11.0 Å². The molecule has 3 nitrogen and oxygen atoms in total. The van der Waals surface area contributed by atoms with Crippen molar-refractivity contribution in [2.75, 3.05) is 0 Å². The molecule has 0 radical (unpaired) electrons. The SMILES string of the molecule is CCCn1c(C2(C)CCCC2N)nc2ccccc21. The van der Waals surface area contributed by atoms with Crippen LogP contribution in [0.2, 0.25) is 0 Å². The summed E-state index contributed by atoms with van der Waals surface area (Å²) in [4.78, 5) is 4.92. The molecule has 2 aromatic rings. The maximum absolute atomic E-state index is 6.38. The number of para-hydroxylation sites is 2. The first kappa shape index (κ1) is 12.7. The molecule has 0 saturated heterocycles. The highest BCUT2D eigenvalue weighted by molar-refractivity contribution is 5.76. The molecule has 3 rings (SSSR count). The maximum atomic E-state index is 6.38. The van der Waals surface area contributed by atoms with Gasteiger partial charge in [-0.3, -0.25) is 0 Å². The number of nitrogens with zero attached hydrogens (tertiary/aromatic N) is 2. The highest BCUT2D eigenvalue weighted by atomic mass is 15.1. The van der Waals surface area contributed by atoms with Crippen LogP contribution in [0, 0.1) is 0 Å². The van der Waals surface area contributed by atoms with Crippen LogP contribution in [0.4, 0.5) is 0 Å². The zero-order chi connectivity index (χ0) is 13.5. The largest absolute Gasteiger partial charge is 0.327 e. The van der Waals surface area contributed by atoms with E-state index in [4.69, 9.17) is 10.7 Å². The van der Waals surface area contributed by atoms with E-state index < -0.39 is 0 Å². The Bertz CT molecular complexity index is 587. The smallest absolute Gasteiger partial charge is 0.117 e. The predicted octanol–water partition coefficient (Wildman–Crippen LogP) is 3.22. The van der Waals surface area contributed by atoms with E-state index in [1.54, 1.807) is 0 Å². The molecule has 0 aliphatic heterocycles. The summed E-state index contributed by atoms with van der Waals surface area (Å²) in [6, 6.07) is 8.67. The van der Waals surface area contributed by atoms with Crippen LogP contribution in [-0.4, -0.2) is 15.6 Å². The van der Waals surface area contributed by atoms with E-state index >= 15 is 0 Å². The van der Waals surface area contributed by atoms with E-state index in [9.17, 15) is 0 Å². The second kappa shape index (κ2) is 4.64. The van der Waals surface area contributed by atoms with Crippen LogP contribution in [-0.2, 0) is 12.0 Å². The Kier molecular flexibility index (Phi) is 3.09. The van der Waals surface area contributed by atoms with Crippen molar-refractivity contribution in [1.29, 1.82) is 0 Å². The van der Waals surface area contributed by atoms with Crippen LogP contribution in [0.1, 0.15) is 45.4 Å². The lowest BCUT2D eigenvalue weighted by molar-refractivity contribution is 0.386. The zero-order valence-corrected chi connectivity index (χ0v) is 11.9. The molecule has 0 amide bonds. The lowest BCUT2D eigenvalue weighted by Crippen LogP contribution is -2.40. The van der Waals surface area contributed by atoms with Gasteiger partial charge in [0, 0.05) is 18.0 Å². The van der Waals surface area contributed by atoms with Crippen molar-refractivity contribution in [2.45, 2.75) is 57.5 Å². The quantitative estimate of drug-likeness (QED) is 0.917. The van der Waals surface area contributed by atoms with Crippen molar-refractivity contribution in [3.05, 3.63) is 30.1 Å². The van der Waals surface area contributed by atoms with Gasteiger partial charge >= 0.3 is 0 Å². The first-order valence-corrected chi connectivity index (χ1v) is 7.38. The molecule has 2 unspecified atom stereocenters. The Labute approximate surface area is 114 Å². The number of imidazole rings is 1. The minimum Gasteiger partial charge on any atom is -0.327 e. The van der Waals surface area contributed by atoms with Gasteiger partial charge in [-0.2, -0.15) is 0 Å². The third-order valence-corrected chi connectivity index (χ3v) is 4.64. The fourth-order valence-corrected chi connectivity index (χ4v) is 3.43. The number of hydrogen-bond donors (Lipinski definition) is 1. The standard InChI is InChI=1S/C16H23N3/c1-3-11-19-13-8-5-4-7-12(13)18-15(19)16(2)10-6-9-14(16)17/h4-5,7-8,14H,3,6,9-11,17H2,1-2H3. The van der Waals surface area contributed by atoms with Crippen molar-refractivity contribution < 1.29 is 0 Å². The van der Waals surface area contributed by atoms with E-state index in [2.05, 4.69) is 42.7 Å². The molecule has 1 aromatic carbocycles. The monoisotopic (exact) mass is 257 g/mol. The lowest BCUT2D eigenvalue weighted by Gasteiger charge is -2.29. The number of hydrogen-bond acceptors (Lipinski definition) is 2. The fraction of sp³-hybridized carbons (Fsp3) is 0.562. The summed E-state index contributed by atoms with van der Waals surface area (Å²) < 4.78 is 2.39. The van der Waals surface area contributed by atoms with Gasteiger partial charge in [-0.15, -0.1) is 0 Å². The molecule has 1 aliphatic carbocycles. The van der Waals surface area contributed by atoms with Gasteiger partial charge in [-0.1, -0.05) is 32.4 Å². The topological polar surface area (TPSA) is 43.8 Å². The van der Waals surface area contributed by atoms with Gasteiger partial charge in [-0.05, 0) is 31.4 Å². The molecule has 19 heavy (non-hydrogen) atoms. The van der Waals surface area contributed by atoms with Gasteiger partial charge in [0.2, 0.25) is 0 Å². The van der Waals surface area contributed by atoms with Crippen molar-refractivity contribution in [1.82, 2.24) is 9.55 Å². The number of fused-ring (bicyclic) bond motifs is 1. The van der Waals surface area contributed by atoms with E-state index in [0.29, 0.717) is 0 Å². The third kappa shape index (κ3) is 1.88. The number of aromatic nitrogens is 2. The molecular weight excluding hydrogens is 234 g/mol. The van der Waals surface area contributed by atoms with Gasteiger partial charge in [0.05, 0.1) is 11.0 Å². The summed E-state index contributed by atoms with van der Waals surface area (Å²) in [6.07, 6.45) is 4.61. The molecule has 102 valence electrons. The van der Waals surface area contributed by atoms with Crippen LogP contribution in [0.3, 0.4) is 0 Å². The number of aryl methyl sites for hydroxylation is 1. The van der Waals surface area contributed by atoms with Gasteiger partial charge < -0.3 is 10.3 Å². The molecule has 2 N–H and O–H groups in total. The van der Waals surface area contributed by atoms with E-state index in [-0.39, 0.29) is 11.5 Å². The summed E-state index contributed by atoms with van der Waals surface area (Å²) >= 11 is 0. The molecule has 2 atom stereocenters. The Morgan fingerprint density at radius 1 is 1.42 bits per heavy atom. The van der Waals surface area contributed by atoms with Crippen LogP contribution < -0.4 is 5.73 Å². The highest BCUT2D eigenvalue weighted by Gasteiger charge is 2.41. The van der Waals surface area contributed by atoms with Crippen LogP contribution in [0.5, 0.6) is 0 Å². The van der Waals surface area contributed by atoms with E-state index in [0.717, 1.165) is 31.3 Å². The molecule has 1 aliphatic rings. The van der Waals surface area contributed by atoms with Crippen molar-refractivity contribution in [3.63, 3.8) is 0 Å². The summed E-state index contributed by atoms with van der Waals surface area (Å²) in [6.45, 7) is 5.53. The van der Waals surface area contributed by atoms with Crippen LogP contribution in [0.25, 0.3) is 11.0 Å². The van der Waals surface area contributed by atoms with Gasteiger partial charge in [0.25, 0.3) is 0 Å². The molecule has 1 heterocycles. The minimum atomic E-state index is 0.0359. The molecule has 1 aromatic heterocycles. The summed E-state index contributed by atoms with van der Waals surface area (Å²) in [5.74, 6) is 1.19. The third-order valence-electron chi connectivity index (χ3n) is 4.64. The number of benzene rings is 1. The second-order valence-electron chi connectivity index (χ2n) is 5.99. The molecule has 0 bridgehead atoms. The van der Waals surface area contributed by atoms with E-state index in [1.807, 2.05) is 0 Å². The maximum Gasteiger partial charge on any atom is 0.117 e. The summed E-state index contributed by atoms with van der Waals surface area (Å²) in [5.41, 5.74) is 8.77. The molecule has 1 saturated carbocycles. The average Bonchev–Trinajstić information content (AvgIpc) is 2.94. The van der Waals surface area contributed by atoms with E-state index in [1.165, 1.54) is 17.8 Å². The predicted molar refractivity (Wildman–Crippen MR) is 79.2 cm³/mol. The Hall–Kier alpha value is -1.35. The van der Waals surface area contributed by atoms with Gasteiger partial charge in [0.15, 0.2) is 0 Å². The van der Waals surface area contributed by atoms with Crippen molar-refractivity contribution in [3.8, 4) is 0 Å². The lowest BCUT2D eigenvalue weighted by atomic mass is 9.84. The molecule has 0 spiro atoms. The Morgan fingerprint density at radius 3 is 2.89 bits per heavy atom. The number of rotatable bonds is 3. The van der Waals surface area contributed by atoms with Gasteiger partial charge in [-0.25, -0.2) is 4.98 Å². The normalized spacial score (nSPS) is 27.2. The van der Waals surface area contributed by atoms with Crippen LogP contribution in [0.15, 0.2) is 24.3 Å². The van der Waals surface area contributed by atoms with Crippen molar-refractivity contribution in [2.24, 2.45) is 5.73 Å². The minimum absolute atomic E-state index is 0.0359. The first-order chi connectivity index (χ1) is 9.16. The molecule has 1 fully saturated rings. The Balaban J connectivity index is 2.19. The number of nitrogens with two attached hydrogens (primary N) is 1. The van der Waals surface area contributed by atoms with Crippen LogP contribution >= 0.6 is 0 Å². The first-order valence-electron chi connectivity index (χ1n) is 7.38. The zero-order valence-electron chi connectivity index (χ0n) is 11.9. The highest BCUT2D eigenvalue weighted by Crippen LogP contribution is 2.40. The molecular formula is C16H23N3. The Morgan fingerprint density at radius 2 is 2.21 bits per heavy atom. The van der Waals surface area contributed by atoms with Gasteiger partial charge in [0.1, 0.15) is 5.82 Å². The second-order valence-corrected chi connectivity index (χ2v) is 5.99.